The molecule has 0 saturated heterocycles. The summed E-state index contributed by atoms with van der Waals surface area (Å²) in [6.07, 6.45) is 0.962. The molecule has 186 valence electrons. The van der Waals surface area contributed by atoms with Gasteiger partial charge >= 0.3 is 6.09 Å². The SMILES string of the molecule is C=C(C)COC(=O)Nc1ccc(-c2cnc(-c3ccc(NC)cc3)s2)c(S(=O)(=O)NC(C)(C)C)c1. The Labute approximate surface area is 210 Å². The summed E-state index contributed by atoms with van der Waals surface area (Å²) in [5.74, 6) is 0. The Hall–Kier alpha value is -3.21. The van der Waals surface area contributed by atoms with Crippen LogP contribution < -0.4 is 15.4 Å². The van der Waals surface area contributed by atoms with Crippen molar-refractivity contribution in [3.05, 3.63) is 60.8 Å². The second kappa shape index (κ2) is 10.6. The lowest BCUT2D eigenvalue weighted by atomic mass is 10.1. The van der Waals surface area contributed by atoms with E-state index in [1.807, 2.05) is 31.3 Å². The quantitative estimate of drug-likeness (QED) is 0.332. The van der Waals surface area contributed by atoms with Crippen molar-refractivity contribution in [1.82, 2.24) is 9.71 Å². The highest BCUT2D eigenvalue weighted by Gasteiger charge is 2.26. The lowest BCUT2D eigenvalue weighted by Crippen LogP contribution is -2.40. The second-order valence-corrected chi connectivity index (χ2v) is 11.8. The molecule has 1 heterocycles. The van der Waals surface area contributed by atoms with Gasteiger partial charge < -0.3 is 10.1 Å². The molecular weight excluding hydrogens is 484 g/mol. The molecule has 0 aliphatic heterocycles. The van der Waals surface area contributed by atoms with Crippen LogP contribution in [-0.4, -0.2) is 38.7 Å². The minimum Gasteiger partial charge on any atom is -0.445 e. The normalized spacial score (nSPS) is 11.7. The monoisotopic (exact) mass is 514 g/mol. The number of rotatable bonds is 8. The number of amides is 1. The first-order valence-corrected chi connectivity index (χ1v) is 13.2. The molecule has 0 spiro atoms. The summed E-state index contributed by atoms with van der Waals surface area (Å²) in [4.78, 5) is 17.3. The summed E-state index contributed by atoms with van der Waals surface area (Å²) in [6.45, 7) is 10.8. The van der Waals surface area contributed by atoms with Crippen molar-refractivity contribution < 1.29 is 17.9 Å². The maximum atomic E-state index is 13.4. The fourth-order valence-corrected chi connectivity index (χ4v) is 5.83. The average Bonchev–Trinajstić information content (AvgIpc) is 3.26. The molecule has 3 rings (SSSR count). The second-order valence-electron chi connectivity index (χ2n) is 9.08. The van der Waals surface area contributed by atoms with Crippen LogP contribution in [0.4, 0.5) is 16.2 Å². The van der Waals surface area contributed by atoms with Crippen LogP contribution in [0, 0.1) is 0 Å². The third-order valence-electron chi connectivity index (χ3n) is 4.60. The summed E-state index contributed by atoms with van der Waals surface area (Å²) in [6, 6.07) is 12.5. The maximum absolute atomic E-state index is 13.4. The van der Waals surface area contributed by atoms with E-state index in [1.54, 1.807) is 46.0 Å². The lowest BCUT2D eigenvalue weighted by molar-refractivity contribution is 0.171. The van der Waals surface area contributed by atoms with Gasteiger partial charge in [0.2, 0.25) is 10.0 Å². The van der Waals surface area contributed by atoms with Crippen LogP contribution in [-0.2, 0) is 14.8 Å². The van der Waals surface area contributed by atoms with Gasteiger partial charge in [0.25, 0.3) is 0 Å². The van der Waals surface area contributed by atoms with Gasteiger partial charge in [-0.15, -0.1) is 11.3 Å². The molecule has 0 atom stereocenters. The van der Waals surface area contributed by atoms with Crippen LogP contribution in [0.15, 0.2) is 65.7 Å². The molecule has 35 heavy (non-hydrogen) atoms. The number of nitrogens with one attached hydrogen (secondary N) is 3. The van der Waals surface area contributed by atoms with Crippen molar-refractivity contribution >= 4 is 38.8 Å². The smallest absolute Gasteiger partial charge is 0.411 e. The zero-order valence-electron chi connectivity index (χ0n) is 20.4. The number of anilines is 2. The maximum Gasteiger partial charge on any atom is 0.411 e. The molecule has 2 aromatic carbocycles. The van der Waals surface area contributed by atoms with Crippen molar-refractivity contribution in [2.24, 2.45) is 0 Å². The first-order chi connectivity index (χ1) is 16.4. The highest BCUT2D eigenvalue weighted by Crippen LogP contribution is 2.37. The first kappa shape index (κ1) is 26.4. The van der Waals surface area contributed by atoms with Crippen LogP contribution in [0.1, 0.15) is 27.7 Å². The van der Waals surface area contributed by atoms with E-state index in [0.29, 0.717) is 21.7 Å². The molecule has 1 amide bonds. The van der Waals surface area contributed by atoms with E-state index in [0.717, 1.165) is 16.3 Å². The van der Waals surface area contributed by atoms with E-state index in [2.05, 4.69) is 26.9 Å². The number of carbonyl (C=O) groups is 1. The molecule has 0 radical (unpaired) electrons. The lowest BCUT2D eigenvalue weighted by Gasteiger charge is -2.22. The number of hydrogen-bond acceptors (Lipinski definition) is 7. The van der Waals surface area contributed by atoms with E-state index in [4.69, 9.17) is 4.74 Å². The predicted molar refractivity (Wildman–Crippen MR) is 142 cm³/mol. The van der Waals surface area contributed by atoms with Crippen LogP contribution in [0.2, 0.25) is 0 Å². The van der Waals surface area contributed by atoms with Crippen molar-refractivity contribution in [2.75, 3.05) is 24.3 Å². The van der Waals surface area contributed by atoms with Gasteiger partial charge in [-0.05, 0) is 69.7 Å². The summed E-state index contributed by atoms with van der Waals surface area (Å²) >= 11 is 1.39. The molecule has 3 N–H and O–H groups in total. The van der Waals surface area contributed by atoms with Crippen molar-refractivity contribution in [2.45, 2.75) is 38.1 Å². The molecule has 0 unspecified atom stereocenters. The first-order valence-electron chi connectivity index (χ1n) is 10.9. The zero-order valence-corrected chi connectivity index (χ0v) is 22.1. The number of sulfonamides is 1. The Morgan fingerprint density at radius 2 is 1.77 bits per heavy atom. The highest BCUT2D eigenvalue weighted by molar-refractivity contribution is 7.89. The summed E-state index contributed by atoms with van der Waals surface area (Å²) in [7, 11) is -2.08. The molecule has 8 nitrogen and oxygen atoms in total. The summed E-state index contributed by atoms with van der Waals surface area (Å²) in [5.41, 5.74) is 2.68. The Bertz CT molecular complexity index is 1320. The fourth-order valence-electron chi connectivity index (χ4n) is 3.14. The molecule has 0 fully saturated rings. The van der Waals surface area contributed by atoms with Crippen LogP contribution in [0.25, 0.3) is 21.0 Å². The number of thiazole rings is 1. The van der Waals surface area contributed by atoms with Gasteiger partial charge in [-0.25, -0.2) is 22.9 Å². The molecule has 0 saturated carbocycles. The van der Waals surface area contributed by atoms with Gasteiger partial charge in [0.15, 0.2) is 0 Å². The fraction of sp³-hybridized carbons (Fsp3) is 0.280. The molecule has 0 aliphatic rings. The molecule has 1 aromatic heterocycles. The Morgan fingerprint density at radius 3 is 2.37 bits per heavy atom. The Kier molecular flexibility index (Phi) is 7.99. The van der Waals surface area contributed by atoms with E-state index < -0.39 is 21.7 Å². The molecule has 3 aromatic rings. The molecular formula is C25H30N4O4S2. The van der Waals surface area contributed by atoms with Crippen molar-refractivity contribution in [3.8, 4) is 21.0 Å². The van der Waals surface area contributed by atoms with Gasteiger partial charge in [0, 0.05) is 41.3 Å². The number of hydrogen-bond donors (Lipinski definition) is 3. The van der Waals surface area contributed by atoms with Crippen molar-refractivity contribution in [3.63, 3.8) is 0 Å². The van der Waals surface area contributed by atoms with E-state index >= 15 is 0 Å². The van der Waals surface area contributed by atoms with E-state index in [9.17, 15) is 13.2 Å². The van der Waals surface area contributed by atoms with Gasteiger partial charge in [-0.3, -0.25) is 5.32 Å². The number of benzene rings is 2. The Morgan fingerprint density at radius 1 is 1.11 bits per heavy atom. The third-order valence-corrected chi connectivity index (χ3v) is 7.48. The molecule has 0 aliphatic carbocycles. The molecule has 10 heteroatoms. The Balaban J connectivity index is 2.01. The number of ether oxygens (including phenoxy) is 1. The predicted octanol–water partition coefficient (Wildman–Crippen LogP) is 5.72. The average molecular weight is 515 g/mol. The van der Waals surface area contributed by atoms with Gasteiger partial charge in [0.05, 0.1) is 9.77 Å². The number of nitrogens with zero attached hydrogens (tertiary/aromatic N) is 1. The standard InChI is InChI=1S/C25H30N4O4S2/c1-16(2)15-33-24(30)28-19-11-12-20(22(13-19)35(31,32)29-25(3,4)5)21-14-27-23(34-21)17-7-9-18(26-6)10-8-17/h7-14,26,29H,1,15H2,2-6H3,(H,28,30). The largest absolute Gasteiger partial charge is 0.445 e. The highest BCUT2D eigenvalue weighted by atomic mass is 32.2. The van der Waals surface area contributed by atoms with Gasteiger partial charge in [0.1, 0.15) is 11.6 Å². The van der Waals surface area contributed by atoms with Crippen molar-refractivity contribution in [1.29, 1.82) is 0 Å². The molecule has 0 bridgehead atoms. The zero-order chi connectivity index (χ0) is 25.8. The summed E-state index contributed by atoms with van der Waals surface area (Å²) < 4.78 is 34.5. The minimum absolute atomic E-state index is 0.0332. The van der Waals surface area contributed by atoms with Crippen LogP contribution in [0.5, 0.6) is 0 Å². The number of carbonyl (C=O) groups excluding carboxylic acids is 1. The van der Waals surface area contributed by atoms with Gasteiger partial charge in [-0.1, -0.05) is 12.6 Å². The van der Waals surface area contributed by atoms with Crippen LogP contribution >= 0.6 is 11.3 Å². The van der Waals surface area contributed by atoms with Gasteiger partial charge in [-0.2, -0.15) is 0 Å². The third kappa shape index (κ3) is 7.14. The summed E-state index contributed by atoms with van der Waals surface area (Å²) in [5, 5.41) is 6.42. The van der Waals surface area contributed by atoms with Crippen LogP contribution in [0.3, 0.4) is 0 Å². The minimum atomic E-state index is -3.93. The van der Waals surface area contributed by atoms with E-state index in [1.165, 1.54) is 17.4 Å². The number of aromatic nitrogens is 1. The van der Waals surface area contributed by atoms with E-state index in [-0.39, 0.29) is 11.5 Å². The topological polar surface area (TPSA) is 109 Å².